The fourth-order valence-electron chi connectivity index (χ4n) is 1.31. The summed E-state index contributed by atoms with van der Waals surface area (Å²) >= 11 is 3.42. The number of aliphatic hydroxyl groups excluding tert-OH is 1. The van der Waals surface area contributed by atoms with Crippen LogP contribution in [0.25, 0.3) is 0 Å². The molecule has 1 atom stereocenters. The molecule has 0 aliphatic carbocycles. The molecule has 0 fully saturated rings. The van der Waals surface area contributed by atoms with Crippen molar-refractivity contribution in [2.45, 2.75) is 32.8 Å². The molecule has 1 aromatic carbocycles. The second-order valence-electron chi connectivity index (χ2n) is 3.46. The second kappa shape index (κ2) is 6.13. The van der Waals surface area contributed by atoms with Crippen molar-refractivity contribution in [2.24, 2.45) is 0 Å². The lowest BCUT2D eigenvalue weighted by Gasteiger charge is -2.12. The molecule has 15 heavy (non-hydrogen) atoms. The van der Waals surface area contributed by atoms with Gasteiger partial charge in [-0.05, 0) is 36.6 Å². The minimum atomic E-state index is -0.426. The molecular formula is C12H17BrO2. The molecule has 0 aliphatic heterocycles. The van der Waals surface area contributed by atoms with Gasteiger partial charge < -0.3 is 9.84 Å². The summed E-state index contributed by atoms with van der Waals surface area (Å²) in [4.78, 5) is 0. The smallest absolute Gasteiger partial charge is 0.119 e. The van der Waals surface area contributed by atoms with E-state index < -0.39 is 6.10 Å². The molecule has 1 rings (SSSR count). The number of ether oxygens (including phenoxy) is 1. The van der Waals surface area contributed by atoms with Gasteiger partial charge >= 0.3 is 0 Å². The molecule has 1 aromatic rings. The number of rotatable bonds is 5. The van der Waals surface area contributed by atoms with Crippen LogP contribution in [0.3, 0.4) is 0 Å². The molecule has 0 aliphatic rings. The highest BCUT2D eigenvalue weighted by Crippen LogP contribution is 2.29. The first kappa shape index (κ1) is 12.5. The maximum absolute atomic E-state index is 9.77. The minimum absolute atomic E-state index is 0.426. The summed E-state index contributed by atoms with van der Waals surface area (Å²) in [5.74, 6) is 0.822. The van der Waals surface area contributed by atoms with Crippen molar-refractivity contribution >= 4 is 15.9 Å². The predicted molar refractivity (Wildman–Crippen MR) is 65.2 cm³/mol. The zero-order chi connectivity index (χ0) is 11.3. The molecule has 0 saturated heterocycles. The predicted octanol–water partition coefficient (Wildman–Crippen LogP) is 3.68. The SMILES string of the molecule is CCCOc1ccc(Br)c(C(O)CC)c1. The van der Waals surface area contributed by atoms with Crippen molar-refractivity contribution in [1.82, 2.24) is 0 Å². The van der Waals surface area contributed by atoms with E-state index in [1.54, 1.807) is 0 Å². The Morgan fingerprint density at radius 2 is 2.13 bits per heavy atom. The van der Waals surface area contributed by atoms with Crippen molar-refractivity contribution in [1.29, 1.82) is 0 Å². The Balaban J connectivity index is 2.84. The van der Waals surface area contributed by atoms with E-state index in [0.29, 0.717) is 13.0 Å². The summed E-state index contributed by atoms with van der Waals surface area (Å²) in [5.41, 5.74) is 0.895. The highest BCUT2D eigenvalue weighted by molar-refractivity contribution is 9.10. The van der Waals surface area contributed by atoms with Crippen molar-refractivity contribution in [3.05, 3.63) is 28.2 Å². The number of hydrogen-bond acceptors (Lipinski definition) is 2. The number of halogens is 1. The standard InChI is InChI=1S/C12H17BrO2/c1-3-7-15-9-5-6-11(13)10(8-9)12(14)4-2/h5-6,8,12,14H,3-4,7H2,1-2H3. The third-order valence-electron chi connectivity index (χ3n) is 2.19. The van der Waals surface area contributed by atoms with E-state index in [4.69, 9.17) is 4.74 Å². The minimum Gasteiger partial charge on any atom is -0.494 e. The van der Waals surface area contributed by atoms with Crippen LogP contribution in [0.15, 0.2) is 22.7 Å². The lowest BCUT2D eigenvalue weighted by atomic mass is 10.1. The van der Waals surface area contributed by atoms with E-state index >= 15 is 0 Å². The van der Waals surface area contributed by atoms with E-state index in [2.05, 4.69) is 22.9 Å². The largest absolute Gasteiger partial charge is 0.494 e. The molecule has 2 nitrogen and oxygen atoms in total. The van der Waals surface area contributed by atoms with Gasteiger partial charge in [-0.25, -0.2) is 0 Å². The quantitative estimate of drug-likeness (QED) is 0.886. The topological polar surface area (TPSA) is 29.5 Å². The first-order valence-electron chi connectivity index (χ1n) is 5.29. The van der Waals surface area contributed by atoms with E-state index in [1.165, 1.54) is 0 Å². The Morgan fingerprint density at radius 3 is 2.73 bits per heavy atom. The van der Waals surface area contributed by atoms with Crippen molar-refractivity contribution in [3.63, 3.8) is 0 Å². The van der Waals surface area contributed by atoms with Gasteiger partial charge in [0.25, 0.3) is 0 Å². The molecule has 0 radical (unpaired) electrons. The van der Waals surface area contributed by atoms with Gasteiger partial charge in [0.2, 0.25) is 0 Å². The third-order valence-corrected chi connectivity index (χ3v) is 2.91. The van der Waals surface area contributed by atoms with E-state index in [1.807, 2.05) is 25.1 Å². The maximum Gasteiger partial charge on any atom is 0.119 e. The molecule has 0 aromatic heterocycles. The van der Waals surface area contributed by atoms with E-state index in [-0.39, 0.29) is 0 Å². The second-order valence-corrected chi connectivity index (χ2v) is 4.31. The zero-order valence-electron chi connectivity index (χ0n) is 9.16. The Labute approximate surface area is 99.4 Å². The molecule has 0 saturated carbocycles. The molecule has 84 valence electrons. The van der Waals surface area contributed by atoms with E-state index in [9.17, 15) is 5.11 Å². The van der Waals surface area contributed by atoms with Gasteiger partial charge in [-0.3, -0.25) is 0 Å². The van der Waals surface area contributed by atoms with Crippen molar-refractivity contribution < 1.29 is 9.84 Å². The highest BCUT2D eigenvalue weighted by Gasteiger charge is 2.10. The van der Waals surface area contributed by atoms with Gasteiger partial charge in [-0.2, -0.15) is 0 Å². The Kier molecular flexibility index (Phi) is 5.12. The van der Waals surface area contributed by atoms with Gasteiger partial charge in [0.05, 0.1) is 12.7 Å². The molecule has 0 spiro atoms. The Bertz CT molecular complexity index is 312. The first-order valence-corrected chi connectivity index (χ1v) is 6.08. The third kappa shape index (κ3) is 3.50. The van der Waals surface area contributed by atoms with Gasteiger partial charge in [-0.15, -0.1) is 0 Å². The monoisotopic (exact) mass is 272 g/mol. The summed E-state index contributed by atoms with van der Waals surface area (Å²) in [5, 5.41) is 9.77. The summed E-state index contributed by atoms with van der Waals surface area (Å²) in [6.07, 6.45) is 1.27. The zero-order valence-corrected chi connectivity index (χ0v) is 10.8. The van der Waals surface area contributed by atoms with Crippen LogP contribution in [0.1, 0.15) is 38.4 Å². The van der Waals surface area contributed by atoms with Crippen molar-refractivity contribution in [3.8, 4) is 5.75 Å². The van der Waals surface area contributed by atoms with Crippen LogP contribution in [0.4, 0.5) is 0 Å². The average molecular weight is 273 g/mol. The fraction of sp³-hybridized carbons (Fsp3) is 0.500. The van der Waals surface area contributed by atoms with Gasteiger partial charge in [0, 0.05) is 4.47 Å². The van der Waals surface area contributed by atoms with Gasteiger partial charge in [0.15, 0.2) is 0 Å². The fourth-order valence-corrected chi connectivity index (χ4v) is 1.82. The van der Waals surface area contributed by atoms with Gasteiger partial charge in [0.1, 0.15) is 5.75 Å². The molecule has 1 unspecified atom stereocenters. The lowest BCUT2D eigenvalue weighted by Crippen LogP contribution is -1.99. The van der Waals surface area contributed by atoms with Crippen LogP contribution in [0, 0.1) is 0 Å². The van der Waals surface area contributed by atoms with Crippen LogP contribution in [-0.2, 0) is 0 Å². The molecular weight excluding hydrogens is 256 g/mol. The average Bonchev–Trinajstić information content (AvgIpc) is 2.27. The van der Waals surface area contributed by atoms with Crippen LogP contribution in [0.2, 0.25) is 0 Å². The normalized spacial score (nSPS) is 12.5. The molecule has 0 bridgehead atoms. The summed E-state index contributed by atoms with van der Waals surface area (Å²) in [7, 11) is 0. The Morgan fingerprint density at radius 1 is 1.40 bits per heavy atom. The Hall–Kier alpha value is -0.540. The maximum atomic E-state index is 9.77. The number of hydrogen-bond donors (Lipinski definition) is 1. The first-order chi connectivity index (χ1) is 7.19. The van der Waals surface area contributed by atoms with Gasteiger partial charge in [-0.1, -0.05) is 29.8 Å². The molecule has 0 heterocycles. The van der Waals surface area contributed by atoms with Crippen LogP contribution >= 0.6 is 15.9 Å². The summed E-state index contributed by atoms with van der Waals surface area (Å²) in [6, 6.07) is 5.72. The molecule has 0 amide bonds. The van der Waals surface area contributed by atoms with Crippen molar-refractivity contribution in [2.75, 3.05) is 6.61 Å². The highest BCUT2D eigenvalue weighted by atomic mass is 79.9. The van der Waals surface area contributed by atoms with Crippen LogP contribution in [-0.4, -0.2) is 11.7 Å². The molecule has 3 heteroatoms. The summed E-state index contributed by atoms with van der Waals surface area (Å²) in [6.45, 7) is 4.74. The summed E-state index contributed by atoms with van der Waals surface area (Å²) < 4.78 is 6.44. The van der Waals surface area contributed by atoms with Crippen LogP contribution in [0.5, 0.6) is 5.75 Å². The van der Waals surface area contributed by atoms with Crippen LogP contribution < -0.4 is 4.74 Å². The number of aliphatic hydroxyl groups is 1. The molecule has 1 N–H and O–H groups in total. The van der Waals surface area contributed by atoms with E-state index in [0.717, 1.165) is 22.2 Å². The lowest BCUT2D eigenvalue weighted by molar-refractivity contribution is 0.172. The number of benzene rings is 1.